The summed E-state index contributed by atoms with van der Waals surface area (Å²) < 4.78 is 39.5. The number of imide groups is 1. The minimum absolute atomic E-state index is 0.392. The van der Waals surface area contributed by atoms with Crippen molar-refractivity contribution in [3.8, 4) is 0 Å². The smallest absolute Gasteiger partial charge is 0.276 e. The van der Waals surface area contributed by atoms with E-state index in [0.29, 0.717) is 17.0 Å². The number of halogens is 3. The summed E-state index contributed by atoms with van der Waals surface area (Å²) in [4.78, 5) is 35.4. The molecule has 13 heteroatoms. The quantitative estimate of drug-likeness (QED) is 0.298. The molecule has 0 aromatic heterocycles. The second kappa shape index (κ2) is 6.51. The van der Waals surface area contributed by atoms with Crippen LogP contribution in [0, 0.1) is 10.1 Å². The van der Waals surface area contributed by atoms with E-state index >= 15 is 0 Å². The Hall–Kier alpha value is -2.77. The largest absolute Gasteiger partial charge is 0.423 e. The molecule has 1 saturated heterocycles. The molecule has 1 fully saturated rings. The molecule has 0 radical (unpaired) electrons. The van der Waals surface area contributed by atoms with Gasteiger partial charge >= 0.3 is 12.2 Å². The van der Waals surface area contributed by atoms with Crippen molar-refractivity contribution >= 4 is 23.3 Å². The first-order valence-electron chi connectivity index (χ1n) is 7.14. The highest BCUT2D eigenvalue weighted by Gasteiger charge is 2.57. The number of anilines is 1. The van der Waals surface area contributed by atoms with Crippen LogP contribution in [0.5, 0.6) is 0 Å². The van der Waals surface area contributed by atoms with E-state index in [0.717, 1.165) is 11.1 Å². The van der Waals surface area contributed by atoms with Gasteiger partial charge in [-0.25, -0.2) is 20.1 Å². The first-order valence-corrected chi connectivity index (χ1v) is 7.14. The van der Waals surface area contributed by atoms with Gasteiger partial charge in [-0.05, 0) is 26.2 Å². The maximum Gasteiger partial charge on any atom is 0.423 e. The van der Waals surface area contributed by atoms with Crippen molar-refractivity contribution in [3.63, 3.8) is 0 Å². The highest BCUT2D eigenvalue weighted by atomic mass is 19.4. The second-order valence-corrected chi connectivity index (χ2v) is 5.15. The van der Waals surface area contributed by atoms with Crippen molar-refractivity contribution in [2.24, 2.45) is 0 Å². The summed E-state index contributed by atoms with van der Waals surface area (Å²) in [6.45, 7) is 0. The van der Waals surface area contributed by atoms with Gasteiger partial charge in [0.05, 0.1) is 10.6 Å². The lowest BCUT2D eigenvalue weighted by Crippen LogP contribution is -2.70. The number of nitro groups is 1. The number of likely N-dealkylation sites (N-methyl/N-ethyl adjacent to an activating group) is 2. The van der Waals surface area contributed by atoms with Crippen LogP contribution in [0.15, 0.2) is 18.2 Å². The fourth-order valence-electron chi connectivity index (χ4n) is 2.69. The number of nitro benzene ring substituents is 1. The fourth-order valence-corrected chi connectivity index (χ4v) is 2.69. The second-order valence-electron chi connectivity index (χ2n) is 5.15. The number of hydrazine groups is 1. The van der Waals surface area contributed by atoms with Crippen molar-refractivity contribution in [1.29, 1.82) is 0 Å². The minimum Gasteiger partial charge on any atom is -0.276 e. The molecule has 1 aromatic carbocycles. The number of benzene rings is 1. The van der Waals surface area contributed by atoms with E-state index in [9.17, 15) is 32.9 Å². The first-order chi connectivity index (χ1) is 12.0. The van der Waals surface area contributed by atoms with Crippen LogP contribution < -0.4 is 21.0 Å². The molecule has 0 saturated carbocycles. The maximum atomic E-state index is 13.2. The van der Waals surface area contributed by atoms with E-state index < -0.39 is 45.8 Å². The molecule has 2 rings (SSSR count). The third-order valence-corrected chi connectivity index (χ3v) is 3.92. The molecule has 10 nitrogen and oxygen atoms in total. The summed E-state index contributed by atoms with van der Waals surface area (Å²) in [6, 6.07) is 0.922. The number of carbonyl (C=O) groups excluding carboxylic acids is 2. The van der Waals surface area contributed by atoms with Gasteiger partial charge in [0.1, 0.15) is 5.56 Å². The van der Waals surface area contributed by atoms with E-state index in [2.05, 4.69) is 16.1 Å². The van der Waals surface area contributed by atoms with E-state index in [-0.39, 0.29) is 0 Å². The summed E-state index contributed by atoms with van der Waals surface area (Å²) in [6.07, 6.45) is -5.05. The van der Waals surface area contributed by atoms with Crippen LogP contribution in [0.2, 0.25) is 0 Å². The number of carbonyl (C=O) groups is 2. The van der Waals surface area contributed by atoms with Gasteiger partial charge < -0.3 is 0 Å². The molecule has 1 aromatic rings. The average Bonchev–Trinajstić information content (AvgIpc) is 2.79. The van der Waals surface area contributed by atoms with E-state index in [4.69, 9.17) is 0 Å². The molecular formula is C13H15F3N6O4. The summed E-state index contributed by atoms with van der Waals surface area (Å²) in [7, 11) is 4.08. The molecule has 1 heterocycles. The Morgan fingerprint density at radius 1 is 1.15 bits per heavy atom. The lowest BCUT2D eigenvalue weighted by atomic mass is 10.1. The summed E-state index contributed by atoms with van der Waals surface area (Å²) in [5.74, 6) is -2.66. The van der Waals surface area contributed by atoms with Crippen molar-refractivity contribution < 1.29 is 27.7 Å². The molecule has 3 amide bonds. The van der Waals surface area contributed by atoms with Crippen molar-refractivity contribution in [2.75, 3.05) is 26.0 Å². The monoisotopic (exact) mass is 376 g/mol. The van der Waals surface area contributed by atoms with Crippen LogP contribution in [0.4, 0.5) is 29.3 Å². The SMILES string of the molecule is CNN1C(=O)N(c2ccc([N+](=O)[O-])c(C(F)(F)F)c2)C(=O)C1(NC)NC. The fraction of sp³-hybridized carbons (Fsp3) is 0.385. The minimum atomic E-state index is -5.05. The molecule has 0 bridgehead atoms. The summed E-state index contributed by atoms with van der Waals surface area (Å²) in [5.41, 5.74) is -0.724. The molecule has 0 aliphatic carbocycles. The number of nitrogens with zero attached hydrogens (tertiary/aromatic N) is 3. The molecule has 0 unspecified atom stereocenters. The summed E-state index contributed by atoms with van der Waals surface area (Å²) >= 11 is 0. The van der Waals surface area contributed by atoms with Gasteiger partial charge in [0, 0.05) is 13.1 Å². The third-order valence-electron chi connectivity index (χ3n) is 3.92. The van der Waals surface area contributed by atoms with Gasteiger partial charge in [0.2, 0.25) is 5.79 Å². The number of urea groups is 1. The third kappa shape index (κ3) is 2.75. The van der Waals surface area contributed by atoms with Gasteiger partial charge in [-0.15, -0.1) is 0 Å². The lowest BCUT2D eigenvalue weighted by Gasteiger charge is -2.32. The molecule has 1 aliphatic rings. The molecule has 26 heavy (non-hydrogen) atoms. The van der Waals surface area contributed by atoms with Crippen LogP contribution in [-0.2, 0) is 11.0 Å². The van der Waals surface area contributed by atoms with Crippen LogP contribution in [0.25, 0.3) is 0 Å². The molecule has 1 aliphatic heterocycles. The molecule has 142 valence electrons. The van der Waals surface area contributed by atoms with Crippen LogP contribution in [0.3, 0.4) is 0 Å². The van der Waals surface area contributed by atoms with Crippen molar-refractivity contribution in [3.05, 3.63) is 33.9 Å². The highest BCUT2D eigenvalue weighted by molar-refractivity contribution is 6.22. The van der Waals surface area contributed by atoms with Gasteiger partial charge in [0.15, 0.2) is 0 Å². The predicted molar refractivity (Wildman–Crippen MR) is 82.7 cm³/mol. The van der Waals surface area contributed by atoms with E-state index in [1.54, 1.807) is 0 Å². The first kappa shape index (κ1) is 19.6. The molecule has 0 atom stereocenters. The van der Waals surface area contributed by atoms with Crippen molar-refractivity contribution in [1.82, 2.24) is 21.1 Å². The Morgan fingerprint density at radius 3 is 2.12 bits per heavy atom. The van der Waals surface area contributed by atoms with Gasteiger partial charge in [0.25, 0.3) is 11.6 Å². The van der Waals surface area contributed by atoms with Crippen LogP contribution in [0.1, 0.15) is 5.56 Å². The number of hydrogen-bond acceptors (Lipinski definition) is 7. The Bertz CT molecular complexity index is 765. The zero-order chi connectivity index (χ0) is 19.9. The standard InChI is InChI=1S/C13H15F3N6O4/c1-17-13(18-2)10(23)20(11(24)21(13)19-3)7-4-5-9(22(25)26)8(6-7)12(14,15)16/h4-6,17-19H,1-3H3. The number of amides is 3. The van der Waals surface area contributed by atoms with Crippen LogP contribution in [-0.4, -0.2) is 48.8 Å². The van der Waals surface area contributed by atoms with Crippen molar-refractivity contribution in [2.45, 2.75) is 12.0 Å². The topological polar surface area (TPSA) is 120 Å². The highest BCUT2D eigenvalue weighted by Crippen LogP contribution is 2.39. The Morgan fingerprint density at radius 2 is 1.73 bits per heavy atom. The number of alkyl halides is 3. The van der Waals surface area contributed by atoms with Gasteiger partial charge in [-0.3, -0.25) is 25.5 Å². The molecule has 3 N–H and O–H groups in total. The van der Waals surface area contributed by atoms with E-state index in [1.807, 2.05) is 0 Å². The zero-order valence-electron chi connectivity index (χ0n) is 13.8. The average molecular weight is 376 g/mol. The Kier molecular flexibility index (Phi) is 4.90. The predicted octanol–water partition coefficient (Wildman–Crippen LogP) is 0.609. The zero-order valence-corrected chi connectivity index (χ0v) is 13.8. The number of rotatable bonds is 5. The summed E-state index contributed by atoms with van der Waals surface area (Å²) in [5, 5.41) is 16.9. The van der Waals surface area contributed by atoms with Crippen LogP contribution >= 0.6 is 0 Å². The number of hydrogen-bond donors (Lipinski definition) is 3. The maximum absolute atomic E-state index is 13.2. The van der Waals surface area contributed by atoms with E-state index in [1.165, 1.54) is 21.1 Å². The van der Waals surface area contributed by atoms with Gasteiger partial charge in [-0.2, -0.15) is 13.2 Å². The lowest BCUT2D eigenvalue weighted by molar-refractivity contribution is -0.388. The van der Waals surface area contributed by atoms with Gasteiger partial charge in [-0.1, -0.05) is 0 Å². The normalized spacial score (nSPS) is 17.2. The molecular weight excluding hydrogens is 361 g/mol. The Balaban J connectivity index is 2.63. The Labute approximate surface area is 145 Å². The molecule has 0 spiro atoms. The number of nitrogens with one attached hydrogen (secondary N) is 3.